The highest BCUT2D eigenvalue weighted by Gasteiger charge is 2.34. The third kappa shape index (κ3) is 9.09. The van der Waals surface area contributed by atoms with E-state index >= 15 is 0 Å². The summed E-state index contributed by atoms with van der Waals surface area (Å²) in [7, 11) is 3.32. The van der Waals surface area contributed by atoms with Crippen LogP contribution in [0.5, 0.6) is 11.5 Å². The first-order valence-corrected chi connectivity index (χ1v) is 16.0. The summed E-state index contributed by atoms with van der Waals surface area (Å²) in [5, 5.41) is 9.39. The smallest absolute Gasteiger partial charge is 0.326 e. The van der Waals surface area contributed by atoms with Gasteiger partial charge in [-0.25, -0.2) is 4.79 Å². The predicted octanol–water partition coefficient (Wildman–Crippen LogP) is 6.50. The summed E-state index contributed by atoms with van der Waals surface area (Å²) in [6, 6.07) is 8.02. The molecule has 1 N–H and O–H groups in total. The van der Waals surface area contributed by atoms with Crippen molar-refractivity contribution in [3.05, 3.63) is 41.0 Å². The minimum atomic E-state index is -1.01. The van der Waals surface area contributed by atoms with Crippen molar-refractivity contribution in [2.45, 2.75) is 71.4 Å². The molecular weight excluding hydrogens is 588 g/mol. The van der Waals surface area contributed by atoms with Crippen molar-refractivity contribution >= 4 is 52.5 Å². The highest BCUT2D eigenvalue weighted by Crippen LogP contribution is 2.34. The fourth-order valence-electron chi connectivity index (χ4n) is 5.31. The Morgan fingerprint density at radius 2 is 2.00 bits per heavy atom. The number of hydrogen-bond donors (Lipinski definition) is 1. The number of nitrogens with zero attached hydrogens (tertiary/aromatic N) is 2. The van der Waals surface area contributed by atoms with Gasteiger partial charge in [-0.15, -0.1) is 0 Å². The number of methoxy groups -OCH3 is 1. The highest BCUT2D eigenvalue weighted by molar-refractivity contribution is 8.24. The number of aliphatic carboxylic acids is 1. The van der Waals surface area contributed by atoms with Gasteiger partial charge in [0.15, 0.2) is 18.1 Å². The molecule has 2 heterocycles. The molecule has 0 bridgehead atoms. The molecule has 0 radical (unpaired) electrons. The summed E-state index contributed by atoms with van der Waals surface area (Å²) in [6.45, 7) is 6.52. The van der Waals surface area contributed by atoms with Crippen LogP contribution in [0.25, 0.3) is 17.4 Å². The van der Waals surface area contributed by atoms with E-state index in [1.54, 1.807) is 41.3 Å². The number of amides is 2. The van der Waals surface area contributed by atoms with Crippen LogP contribution >= 0.6 is 24.0 Å². The fraction of sp³-hybridized carbons (Fsp3) is 0.500. The monoisotopic (exact) mass is 630 g/mol. The Balaban J connectivity index is 1.76. The lowest BCUT2D eigenvalue weighted by molar-refractivity contribution is -0.149. The van der Waals surface area contributed by atoms with Gasteiger partial charge >= 0.3 is 5.97 Å². The van der Waals surface area contributed by atoms with E-state index in [9.17, 15) is 19.5 Å². The summed E-state index contributed by atoms with van der Waals surface area (Å²) >= 11 is 6.25. The molecule has 0 aliphatic carbocycles. The van der Waals surface area contributed by atoms with E-state index in [-0.39, 0.29) is 18.6 Å². The molecule has 1 aromatic carbocycles. The first-order chi connectivity index (χ1) is 20.6. The van der Waals surface area contributed by atoms with Crippen molar-refractivity contribution < 1.29 is 33.4 Å². The Hall–Kier alpha value is -3.31. The predicted molar refractivity (Wildman–Crippen MR) is 173 cm³/mol. The van der Waals surface area contributed by atoms with Crippen LogP contribution in [0.15, 0.2) is 39.7 Å². The van der Waals surface area contributed by atoms with Gasteiger partial charge in [0.1, 0.15) is 17.6 Å². The van der Waals surface area contributed by atoms with E-state index < -0.39 is 17.9 Å². The summed E-state index contributed by atoms with van der Waals surface area (Å²) in [5.41, 5.74) is 0.676. The molecule has 0 saturated carbocycles. The van der Waals surface area contributed by atoms with Crippen LogP contribution in [0, 0.1) is 5.92 Å². The molecule has 1 aliphatic heterocycles. The van der Waals surface area contributed by atoms with Crippen molar-refractivity contribution in [2.24, 2.45) is 5.92 Å². The molecular formula is C32H42N2O7S2. The van der Waals surface area contributed by atoms with Crippen molar-refractivity contribution in [3.8, 4) is 22.8 Å². The van der Waals surface area contributed by atoms with E-state index in [1.165, 1.54) is 28.5 Å². The summed E-state index contributed by atoms with van der Waals surface area (Å²) in [4.78, 5) is 41.2. The fourth-order valence-corrected chi connectivity index (χ4v) is 6.15. The van der Waals surface area contributed by atoms with E-state index in [0.29, 0.717) is 58.8 Å². The zero-order chi connectivity index (χ0) is 31.5. The summed E-state index contributed by atoms with van der Waals surface area (Å²) < 4.78 is 18.7. The number of likely N-dealkylation sites (tertiary alicyclic amines) is 1. The number of thioether (sulfide) groups is 1. The first-order valence-electron chi connectivity index (χ1n) is 14.7. The van der Waals surface area contributed by atoms with Gasteiger partial charge in [-0.2, -0.15) is 0 Å². The summed E-state index contributed by atoms with van der Waals surface area (Å²) in [5.74, 6) is 0.814. The van der Waals surface area contributed by atoms with Gasteiger partial charge < -0.3 is 28.8 Å². The first kappa shape index (κ1) is 34.2. The van der Waals surface area contributed by atoms with Gasteiger partial charge in [0, 0.05) is 36.0 Å². The Labute approximate surface area is 263 Å². The molecule has 1 fully saturated rings. The number of rotatable bonds is 16. The number of furan rings is 1. The molecule has 2 amide bonds. The lowest BCUT2D eigenvalue weighted by atomic mass is 9.93. The van der Waals surface area contributed by atoms with E-state index in [4.69, 9.17) is 26.1 Å². The molecule has 3 unspecified atom stereocenters. The number of carbonyl (C=O) groups is 3. The number of carbonyl (C=O) groups excluding carboxylic acids is 2. The van der Waals surface area contributed by atoms with Gasteiger partial charge in [0.05, 0.1) is 12.0 Å². The molecule has 9 nitrogen and oxygen atoms in total. The third-order valence-corrected chi connectivity index (χ3v) is 8.81. The van der Waals surface area contributed by atoms with Crippen LogP contribution in [0.1, 0.15) is 65.1 Å². The maximum absolute atomic E-state index is 13.4. The molecule has 3 atom stereocenters. The van der Waals surface area contributed by atoms with Crippen LogP contribution in [0.2, 0.25) is 0 Å². The standard InChI is InChI=1S/C32H42N2O7S2/c1-6-9-22(7-2)16-21(3)33(4)31(36)29(43-20-42)18-24-12-14-26(41-24)23-11-13-27(39-5)28(17-23)40-19-30(35)34-15-8-10-25(34)32(37)38/h11-14,17-18,20-22,25H,6-10,15-16,19H2,1-5H3,(H,37,38)/b29-18-. The second-order valence-corrected chi connectivity index (χ2v) is 12.2. The van der Waals surface area contributed by atoms with Crippen molar-refractivity contribution in [2.75, 3.05) is 27.3 Å². The van der Waals surface area contributed by atoms with Crippen LogP contribution in [-0.4, -0.2) is 76.8 Å². The van der Waals surface area contributed by atoms with E-state index in [2.05, 4.69) is 20.8 Å². The van der Waals surface area contributed by atoms with Crippen molar-refractivity contribution in [1.29, 1.82) is 0 Å². The number of carboxylic acids is 1. The minimum Gasteiger partial charge on any atom is -0.493 e. The molecule has 1 aromatic heterocycles. The second kappa shape index (κ2) is 16.5. The largest absolute Gasteiger partial charge is 0.493 e. The maximum Gasteiger partial charge on any atom is 0.326 e. The van der Waals surface area contributed by atoms with Gasteiger partial charge in [-0.3, -0.25) is 9.59 Å². The molecule has 1 aliphatic rings. The number of benzene rings is 1. The van der Waals surface area contributed by atoms with Crippen LogP contribution in [-0.2, 0) is 14.4 Å². The van der Waals surface area contributed by atoms with Crippen LogP contribution in [0.4, 0.5) is 0 Å². The Morgan fingerprint density at radius 3 is 2.65 bits per heavy atom. The average molecular weight is 631 g/mol. The second-order valence-electron chi connectivity index (χ2n) is 10.7. The third-order valence-electron chi connectivity index (χ3n) is 7.87. The molecule has 43 heavy (non-hydrogen) atoms. The highest BCUT2D eigenvalue weighted by atomic mass is 32.2. The van der Waals surface area contributed by atoms with E-state index in [0.717, 1.165) is 25.7 Å². The number of carboxylic acid groups (broad SMARTS) is 1. The molecule has 2 aromatic rings. The van der Waals surface area contributed by atoms with Crippen LogP contribution < -0.4 is 9.47 Å². The Bertz CT molecular complexity index is 1310. The van der Waals surface area contributed by atoms with Gasteiger partial charge in [0.25, 0.3) is 11.8 Å². The average Bonchev–Trinajstić information content (AvgIpc) is 3.69. The molecule has 1 saturated heterocycles. The van der Waals surface area contributed by atoms with Gasteiger partial charge in [0.2, 0.25) is 0 Å². The Morgan fingerprint density at radius 1 is 1.23 bits per heavy atom. The number of thiocarbonyl (C=S) groups is 1. The lowest BCUT2D eigenvalue weighted by Gasteiger charge is -2.28. The molecule has 234 valence electrons. The number of likely N-dealkylation sites (N-methyl/N-ethyl adjacent to an activating group) is 1. The van der Waals surface area contributed by atoms with Gasteiger partial charge in [-0.05, 0) is 62.4 Å². The number of ether oxygens (including phenoxy) is 2. The minimum absolute atomic E-state index is 0.0790. The quantitative estimate of drug-likeness (QED) is 0.164. The summed E-state index contributed by atoms with van der Waals surface area (Å²) in [6.07, 6.45) is 7.07. The molecule has 0 spiro atoms. The zero-order valence-electron chi connectivity index (χ0n) is 25.5. The van der Waals surface area contributed by atoms with Crippen LogP contribution in [0.3, 0.4) is 0 Å². The topological polar surface area (TPSA) is 110 Å². The lowest BCUT2D eigenvalue weighted by Crippen LogP contribution is -2.42. The van der Waals surface area contributed by atoms with Crippen molar-refractivity contribution in [1.82, 2.24) is 9.80 Å². The SMILES string of the molecule is CCCC(CC)CC(C)N(C)C(=O)/C(=C/c1ccc(-c2ccc(OC)c(OCC(=O)N3CCCC3C(=O)O)c2)o1)SC=S. The number of hydrogen-bond acceptors (Lipinski definition) is 8. The van der Waals surface area contributed by atoms with Crippen molar-refractivity contribution in [3.63, 3.8) is 0 Å². The molecule has 11 heteroatoms. The van der Waals surface area contributed by atoms with E-state index in [1.807, 2.05) is 7.05 Å². The Kier molecular flexibility index (Phi) is 13.1. The van der Waals surface area contributed by atoms with Gasteiger partial charge in [-0.1, -0.05) is 57.1 Å². The zero-order valence-corrected chi connectivity index (χ0v) is 27.2. The normalized spacial score (nSPS) is 16.4. The maximum atomic E-state index is 13.4. The molecule has 3 rings (SSSR count).